The summed E-state index contributed by atoms with van der Waals surface area (Å²) in [7, 11) is 0. The van der Waals surface area contributed by atoms with E-state index in [1.807, 2.05) is 55.5 Å². The molecule has 0 spiro atoms. The number of benzene rings is 3. The molecule has 3 aromatic rings. The summed E-state index contributed by atoms with van der Waals surface area (Å²) in [6.07, 6.45) is 0. The van der Waals surface area contributed by atoms with Crippen molar-refractivity contribution in [1.29, 1.82) is 0 Å². The Labute approximate surface area is 199 Å². The third-order valence-electron chi connectivity index (χ3n) is 4.31. The van der Waals surface area contributed by atoms with Crippen LogP contribution in [0, 0.1) is 10.5 Å². The van der Waals surface area contributed by atoms with Crippen LogP contribution in [0.1, 0.15) is 15.9 Å². The summed E-state index contributed by atoms with van der Waals surface area (Å²) < 4.78 is 6.46. The van der Waals surface area contributed by atoms with E-state index in [1.54, 1.807) is 24.3 Å². The van der Waals surface area contributed by atoms with E-state index in [1.165, 1.54) is 0 Å². The van der Waals surface area contributed by atoms with Gasteiger partial charge in [0.2, 0.25) is 0 Å². The van der Waals surface area contributed by atoms with Crippen LogP contribution >= 0.6 is 34.8 Å². The number of hydrogen-bond donors (Lipinski definition) is 3. The molecule has 8 heteroatoms. The fourth-order valence-corrected chi connectivity index (χ4v) is 3.29. The highest BCUT2D eigenvalue weighted by molar-refractivity contribution is 14.1. The van der Waals surface area contributed by atoms with Crippen molar-refractivity contribution < 1.29 is 14.3 Å². The first-order chi connectivity index (χ1) is 14.9. The van der Waals surface area contributed by atoms with E-state index in [9.17, 15) is 9.59 Å². The molecule has 0 unspecified atom stereocenters. The Morgan fingerprint density at radius 2 is 1.61 bits per heavy atom. The highest BCUT2D eigenvalue weighted by Crippen LogP contribution is 2.22. The van der Waals surface area contributed by atoms with Crippen LogP contribution in [0.2, 0.25) is 0 Å². The van der Waals surface area contributed by atoms with Crippen molar-refractivity contribution in [3.63, 3.8) is 0 Å². The van der Waals surface area contributed by atoms with Crippen molar-refractivity contribution in [2.75, 3.05) is 6.61 Å². The molecule has 158 valence electrons. The molecule has 0 aliphatic rings. The molecule has 0 aliphatic heterocycles. The Balaban J connectivity index is 1.42. The summed E-state index contributed by atoms with van der Waals surface area (Å²) in [6, 6.07) is 22.8. The molecule has 0 radical (unpaired) electrons. The van der Waals surface area contributed by atoms with Gasteiger partial charge in [0.15, 0.2) is 11.7 Å². The lowest BCUT2D eigenvalue weighted by Gasteiger charge is -2.12. The largest absolute Gasteiger partial charge is 0.484 e. The van der Waals surface area contributed by atoms with Gasteiger partial charge in [0.25, 0.3) is 11.8 Å². The molecular formula is C23H20IN3O3S. The molecule has 3 rings (SSSR count). The lowest BCUT2D eigenvalue weighted by Crippen LogP contribution is -2.49. The third kappa shape index (κ3) is 6.76. The minimum atomic E-state index is -0.436. The summed E-state index contributed by atoms with van der Waals surface area (Å²) >= 11 is 7.21. The van der Waals surface area contributed by atoms with Gasteiger partial charge in [0, 0.05) is 9.13 Å². The fourth-order valence-electron chi connectivity index (χ4n) is 2.63. The second-order valence-corrected chi connectivity index (χ2v) is 8.17. The standard InChI is InChI=1S/C23H20IN3O3S/c1-15-7-8-18(13-20(15)24)22(29)25-23(31)27-26-21(28)14-30-19-11-9-17(10-12-19)16-5-3-2-4-6-16/h2-13H,14H2,1H3,(H,26,28)(H2,25,27,29,31). The van der Waals surface area contributed by atoms with Crippen molar-refractivity contribution in [2.45, 2.75) is 6.92 Å². The van der Waals surface area contributed by atoms with E-state index in [4.69, 9.17) is 17.0 Å². The van der Waals surface area contributed by atoms with Crippen molar-refractivity contribution >= 4 is 51.7 Å². The lowest BCUT2D eigenvalue weighted by atomic mass is 10.1. The monoisotopic (exact) mass is 545 g/mol. The number of aryl methyl sites for hydroxylation is 1. The molecule has 3 N–H and O–H groups in total. The number of amides is 2. The zero-order valence-corrected chi connectivity index (χ0v) is 19.6. The minimum Gasteiger partial charge on any atom is -0.484 e. The number of ether oxygens (including phenoxy) is 1. The first-order valence-electron chi connectivity index (χ1n) is 9.37. The van der Waals surface area contributed by atoms with Crippen LogP contribution in [0.3, 0.4) is 0 Å². The van der Waals surface area contributed by atoms with Crippen LogP contribution < -0.4 is 20.9 Å². The van der Waals surface area contributed by atoms with Gasteiger partial charge < -0.3 is 4.74 Å². The van der Waals surface area contributed by atoms with E-state index in [0.29, 0.717) is 11.3 Å². The number of nitrogens with one attached hydrogen (secondary N) is 3. The first-order valence-corrected chi connectivity index (χ1v) is 10.9. The Bertz CT molecular complexity index is 1090. The molecule has 0 heterocycles. The fraction of sp³-hybridized carbons (Fsp3) is 0.0870. The average Bonchev–Trinajstić information content (AvgIpc) is 2.79. The molecule has 0 aliphatic carbocycles. The highest BCUT2D eigenvalue weighted by atomic mass is 127. The molecular weight excluding hydrogens is 525 g/mol. The van der Waals surface area contributed by atoms with Gasteiger partial charge in [-0.2, -0.15) is 0 Å². The second-order valence-electron chi connectivity index (χ2n) is 6.60. The number of carbonyl (C=O) groups excluding carboxylic acids is 2. The predicted octanol–water partition coefficient (Wildman–Crippen LogP) is 3.98. The smallest absolute Gasteiger partial charge is 0.276 e. The number of rotatable bonds is 5. The van der Waals surface area contributed by atoms with Crippen LogP contribution in [0.25, 0.3) is 11.1 Å². The molecule has 0 aromatic heterocycles. The van der Waals surface area contributed by atoms with Gasteiger partial charge in [-0.1, -0.05) is 48.5 Å². The maximum Gasteiger partial charge on any atom is 0.276 e. The zero-order valence-electron chi connectivity index (χ0n) is 16.6. The summed E-state index contributed by atoms with van der Waals surface area (Å²) in [4.78, 5) is 24.2. The molecule has 0 fully saturated rings. The highest BCUT2D eigenvalue weighted by Gasteiger charge is 2.10. The van der Waals surface area contributed by atoms with E-state index < -0.39 is 5.91 Å². The van der Waals surface area contributed by atoms with Gasteiger partial charge in [-0.25, -0.2) is 0 Å². The Hall–Kier alpha value is -2.98. The van der Waals surface area contributed by atoms with Gasteiger partial charge in [0.05, 0.1) is 0 Å². The Morgan fingerprint density at radius 1 is 0.935 bits per heavy atom. The lowest BCUT2D eigenvalue weighted by molar-refractivity contribution is -0.123. The third-order valence-corrected chi connectivity index (χ3v) is 5.67. The maximum atomic E-state index is 12.2. The topological polar surface area (TPSA) is 79.5 Å². The number of halogens is 1. The molecule has 2 amide bonds. The van der Waals surface area contributed by atoms with Gasteiger partial charge >= 0.3 is 0 Å². The van der Waals surface area contributed by atoms with Crippen LogP contribution in [0.15, 0.2) is 72.8 Å². The molecule has 0 atom stereocenters. The molecule has 31 heavy (non-hydrogen) atoms. The first kappa shape index (κ1) is 22.7. The van der Waals surface area contributed by atoms with Gasteiger partial charge in [-0.3, -0.25) is 25.8 Å². The number of hydrazine groups is 1. The Kier molecular flexibility index (Phi) is 7.96. The molecule has 3 aromatic carbocycles. The normalized spacial score (nSPS) is 10.1. The van der Waals surface area contributed by atoms with Crippen molar-refractivity contribution in [2.24, 2.45) is 0 Å². The quantitative estimate of drug-likeness (QED) is 0.257. The van der Waals surface area contributed by atoms with E-state index >= 15 is 0 Å². The van der Waals surface area contributed by atoms with Crippen molar-refractivity contribution in [3.8, 4) is 16.9 Å². The maximum absolute atomic E-state index is 12.2. The summed E-state index contributed by atoms with van der Waals surface area (Å²) in [5.41, 5.74) is 8.61. The zero-order chi connectivity index (χ0) is 22.2. The van der Waals surface area contributed by atoms with Crippen LogP contribution in [0.5, 0.6) is 5.75 Å². The summed E-state index contributed by atoms with van der Waals surface area (Å²) in [5.74, 6) is -0.229. The average molecular weight is 545 g/mol. The van der Waals surface area contributed by atoms with Crippen LogP contribution in [-0.2, 0) is 4.79 Å². The van der Waals surface area contributed by atoms with Crippen LogP contribution in [-0.4, -0.2) is 23.5 Å². The molecule has 6 nitrogen and oxygen atoms in total. The van der Waals surface area contributed by atoms with Crippen molar-refractivity contribution in [3.05, 3.63) is 87.5 Å². The van der Waals surface area contributed by atoms with Crippen molar-refractivity contribution in [1.82, 2.24) is 16.2 Å². The number of carbonyl (C=O) groups is 2. The van der Waals surface area contributed by atoms with Gasteiger partial charge in [-0.05, 0) is 82.7 Å². The van der Waals surface area contributed by atoms with E-state index in [0.717, 1.165) is 20.3 Å². The summed E-state index contributed by atoms with van der Waals surface area (Å²) in [6.45, 7) is 1.76. The van der Waals surface area contributed by atoms with E-state index in [2.05, 4.69) is 38.8 Å². The van der Waals surface area contributed by atoms with E-state index in [-0.39, 0.29) is 17.6 Å². The van der Waals surface area contributed by atoms with Gasteiger partial charge in [0.1, 0.15) is 5.75 Å². The molecule has 0 bridgehead atoms. The van der Waals surface area contributed by atoms with Crippen LogP contribution in [0.4, 0.5) is 0 Å². The summed E-state index contributed by atoms with van der Waals surface area (Å²) in [5, 5.41) is 2.50. The predicted molar refractivity (Wildman–Crippen MR) is 133 cm³/mol. The minimum absolute atomic E-state index is 0.0128. The molecule has 0 saturated heterocycles. The number of hydrogen-bond acceptors (Lipinski definition) is 4. The molecule has 0 saturated carbocycles. The number of thiocarbonyl (C=S) groups is 1. The Morgan fingerprint density at radius 3 is 2.29 bits per heavy atom. The van der Waals surface area contributed by atoms with Gasteiger partial charge in [-0.15, -0.1) is 0 Å². The SMILES string of the molecule is Cc1ccc(C(=O)NC(=S)NNC(=O)COc2ccc(-c3ccccc3)cc2)cc1I. The second kappa shape index (κ2) is 10.9.